The van der Waals surface area contributed by atoms with Crippen molar-refractivity contribution in [3.8, 4) is 0 Å². The lowest BCUT2D eigenvalue weighted by Crippen LogP contribution is -2.49. The molecule has 0 aliphatic carbocycles. The summed E-state index contributed by atoms with van der Waals surface area (Å²) >= 11 is 1.52. The molecular formula is C18H20N6OS. The minimum absolute atomic E-state index is 0.0177. The van der Waals surface area contributed by atoms with E-state index < -0.39 is 0 Å². The number of carbonyl (C=O) groups is 1. The number of hydrogen-bond donors (Lipinski definition) is 1. The van der Waals surface area contributed by atoms with Gasteiger partial charge >= 0.3 is 0 Å². The van der Waals surface area contributed by atoms with Gasteiger partial charge in [-0.3, -0.25) is 4.79 Å². The van der Waals surface area contributed by atoms with Crippen LogP contribution < -0.4 is 10.2 Å². The quantitative estimate of drug-likeness (QED) is 0.763. The summed E-state index contributed by atoms with van der Waals surface area (Å²) in [6.45, 7) is 5.61. The highest BCUT2D eigenvalue weighted by molar-refractivity contribution is 7.13. The minimum atomic E-state index is -0.0177. The van der Waals surface area contributed by atoms with Crippen LogP contribution >= 0.6 is 11.5 Å². The number of amides is 1. The van der Waals surface area contributed by atoms with Crippen molar-refractivity contribution in [2.24, 2.45) is 0 Å². The lowest BCUT2D eigenvalue weighted by molar-refractivity contribution is 0.0746. The largest absolute Gasteiger partial charge is 0.355 e. The molecule has 0 saturated carbocycles. The fourth-order valence-electron chi connectivity index (χ4n) is 3.09. The van der Waals surface area contributed by atoms with Crippen LogP contribution in [-0.2, 0) is 0 Å². The van der Waals surface area contributed by atoms with Crippen molar-refractivity contribution in [1.29, 1.82) is 0 Å². The number of benzene rings is 1. The van der Waals surface area contributed by atoms with Gasteiger partial charge in [-0.1, -0.05) is 12.1 Å². The number of carbonyl (C=O) groups excluding carboxylic acids is 1. The number of nitrogens with zero attached hydrogens (tertiary/aromatic N) is 5. The average Bonchev–Trinajstić information content (AvgIpc) is 3.13. The van der Waals surface area contributed by atoms with Crippen LogP contribution in [0.3, 0.4) is 0 Å². The molecule has 0 atom stereocenters. The van der Waals surface area contributed by atoms with Crippen molar-refractivity contribution < 1.29 is 4.79 Å². The first-order chi connectivity index (χ1) is 12.8. The van der Waals surface area contributed by atoms with E-state index in [1.54, 1.807) is 12.4 Å². The van der Waals surface area contributed by atoms with E-state index in [1.807, 2.05) is 24.0 Å². The van der Waals surface area contributed by atoms with Crippen molar-refractivity contribution in [1.82, 2.24) is 19.2 Å². The zero-order valence-corrected chi connectivity index (χ0v) is 15.4. The summed E-state index contributed by atoms with van der Waals surface area (Å²) in [5.74, 6) is 1.55. The number of fused-ring (bicyclic) bond motifs is 1. The summed E-state index contributed by atoms with van der Waals surface area (Å²) in [7, 11) is 0. The van der Waals surface area contributed by atoms with Crippen molar-refractivity contribution >= 4 is 39.3 Å². The molecule has 2 aromatic heterocycles. The maximum absolute atomic E-state index is 12.7. The number of rotatable bonds is 4. The fraction of sp³-hybridized carbons (Fsp3) is 0.333. The Morgan fingerprint density at radius 2 is 1.88 bits per heavy atom. The molecule has 3 heterocycles. The van der Waals surface area contributed by atoms with Crippen molar-refractivity contribution in [2.45, 2.75) is 6.92 Å². The SMILES string of the molecule is CCNc1ncc(C(=O)N2CCN(c3nsc4ccccc34)CC2)cn1. The van der Waals surface area contributed by atoms with Crippen LogP contribution in [0.25, 0.3) is 10.1 Å². The Hall–Kier alpha value is -2.74. The van der Waals surface area contributed by atoms with Crippen LogP contribution in [0, 0.1) is 0 Å². The lowest BCUT2D eigenvalue weighted by Gasteiger charge is -2.35. The molecule has 1 saturated heterocycles. The predicted octanol–water partition coefficient (Wildman–Crippen LogP) is 2.48. The summed E-state index contributed by atoms with van der Waals surface area (Å²) in [6, 6.07) is 8.27. The summed E-state index contributed by atoms with van der Waals surface area (Å²) in [5, 5.41) is 4.21. The smallest absolute Gasteiger partial charge is 0.257 e. The molecule has 0 unspecified atom stereocenters. The standard InChI is InChI=1S/C18H20N6OS/c1-2-19-18-20-11-13(12-21-18)17(25)24-9-7-23(8-10-24)16-14-5-3-4-6-15(14)26-22-16/h3-6,11-12H,2,7-10H2,1H3,(H,19,20,21). The molecule has 0 radical (unpaired) electrons. The molecule has 26 heavy (non-hydrogen) atoms. The molecule has 1 amide bonds. The number of piperazine rings is 1. The zero-order valence-electron chi connectivity index (χ0n) is 14.6. The normalized spacial score (nSPS) is 14.7. The molecule has 0 bridgehead atoms. The lowest BCUT2D eigenvalue weighted by atomic mass is 10.2. The van der Waals surface area contributed by atoms with Gasteiger partial charge in [-0.15, -0.1) is 0 Å². The maximum atomic E-state index is 12.7. The third-order valence-corrected chi connectivity index (χ3v) is 5.28. The van der Waals surface area contributed by atoms with Gasteiger partial charge < -0.3 is 15.1 Å². The van der Waals surface area contributed by atoms with Crippen LogP contribution in [0.15, 0.2) is 36.7 Å². The van der Waals surface area contributed by atoms with E-state index in [0.717, 1.165) is 25.5 Å². The molecule has 8 heteroatoms. The fourth-order valence-corrected chi connectivity index (χ4v) is 3.89. The van der Waals surface area contributed by atoms with E-state index in [0.29, 0.717) is 24.6 Å². The number of hydrogen-bond acceptors (Lipinski definition) is 7. The second-order valence-electron chi connectivity index (χ2n) is 6.11. The second kappa shape index (κ2) is 7.25. The van der Waals surface area contributed by atoms with Gasteiger partial charge in [0.2, 0.25) is 5.95 Å². The second-order valence-corrected chi connectivity index (χ2v) is 6.91. The molecule has 134 valence electrons. The third-order valence-electron chi connectivity index (χ3n) is 4.46. The van der Waals surface area contributed by atoms with Gasteiger partial charge in [-0.05, 0) is 30.6 Å². The summed E-state index contributed by atoms with van der Waals surface area (Å²) < 4.78 is 5.80. The molecule has 3 aromatic rings. The number of nitrogens with one attached hydrogen (secondary N) is 1. The van der Waals surface area contributed by atoms with Gasteiger partial charge in [0.25, 0.3) is 5.91 Å². The first kappa shape index (κ1) is 16.7. The van der Waals surface area contributed by atoms with E-state index in [-0.39, 0.29) is 5.91 Å². The van der Waals surface area contributed by atoms with Gasteiger partial charge in [0.1, 0.15) is 5.82 Å². The minimum Gasteiger partial charge on any atom is -0.355 e. The summed E-state index contributed by atoms with van der Waals surface area (Å²) in [6.07, 6.45) is 3.18. The van der Waals surface area contributed by atoms with Gasteiger partial charge in [-0.2, -0.15) is 4.37 Å². The molecule has 7 nitrogen and oxygen atoms in total. The topological polar surface area (TPSA) is 74.2 Å². The zero-order chi connectivity index (χ0) is 17.9. The van der Waals surface area contributed by atoms with Crippen LogP contribution in [0.4, 0.5) is 11.8 Å². The molecule has 1 aromatic carbocycles. The van der Waals surface area contributed by atoms with Crippen molar-refractivity contribution in [2.75, 3.05) is 42.9 Å². The van der Waals surface area contributed by atoms with Gasteiger partial charge in [0, 0.05) is 50.5 Å². The van der Waals surface area contributed by atoms with Crippen LogP contribution in [0.5, 0.6) is 0 Å². The maximum Gasteiger partial charge on any atom is 0.257 e. The number of aromatic nitrogens is 3. The Kier molecular flexibility index (Phi) is 4.66. The third kappa shape index (κ3) is 3.20. The molecule has 1 fully saturated rings. The highest BCUT2D eigenvalue weighted by Crippen LogP contribution is 2.29. The summed E-state index contributed by atoms with van der Waals surface area (Å²) in [5.41, 5.74) is 0.527. The van der Waals surface area contributed by atoms with Crippen molar-refractivity contribution in [3.63, 3.8) is 0 Å². The van der Waals surface area contributed by atoms with E-state index in [2.05, 4.69) is 36.7 Å². The first-order valence-electron chi connectivity index (χ1n) is 8.71. The Balaban J connectivity index is 1.42. The Morgan fingerprint density at radius 3 is 2.62 bits per heavy atom. The van der Waals surface area contributed by atoms with Gasteiger partial charge in [0.05, 0.1) is 10.3 Å². The Bertz CT molecular complexity index is 901. The summed E-state index contributed by atoms with van der Waals surface area (Å²) in [4.78, 5) is 25.2. The molecule has 0 spiro atoms. The monoisotopic (exact) mass is 368 g/mol. The van der Waals surface area contributed by atoms with Gasteiger partial charge in [0.15, 0.2) is 0 Å². The Morgan fingerprint density at radius 1 is 1.15 bits per heavy atom. The van der Waals surface area contributed by atoms with Crippen molar-refractivity contribution in [3.05, 3.63) is 42.2 Å². The Labute approximate surface area is 155 Å². The predicted molar refractivity (Wildman–Crippen MR) is 104 cm³/mol. The van der Waals surface area contributed by atoms with E-state index >= 15 is 0 Å². The van der Waals surface area contributed by atoms with Crippen LogP contribution in [0.1, 0.15) is 17.3 Å². The van der Waals surface area contributed by atoms with E-state index in [9.17, 15) is 4.79 Å². The number of anilines is 2. The van der Waals surface area contributed by atoms with E-state index in [4.69, 9.17) is 0 Å². The molecule has 1 N–H and O–H groups in total. The van der Waals surface area contributed by atoms with E-state index in [1.165, 1.54) is 21.6 Å². The first-order valence-corrected chi connectivity index (χ1v) is 9.48. The average molecular weight is 368 g/mol. The highest BCUT2D eigenvalue weighted by Gasteiger charge is 2.24. The van der Waals surface area contributed by atoms with Crippen LogP contribution in [0.2, 0.25) is 0 Å². The highest BCUT2D eigenvalue weighted by atomic mass is 32.1. The molecular weight excluding hydrogens is 348 g/mol. The molecule has 4 rings (SSSR count). The van der Waals surface area contributed by atoms with Gasteiger partial charge in [-0.25, -0.2) is 9.97 Å². The molecule has 1 aliphatic rings. The molecule has 1 aliphatic heterocycles. The van der Waals surface area contributed by atoms with Crippen LogP contribution in [-0.4, -0.2) is 57.9 Å².